The third-order valence-electron chi connectivity index (χ3n) is 1.97. The minimum Gasteiger partial charge on any atom is -0.387 e. The zero-order chi connectivity index (χ0) is 6.97. The van der Waals surface area contributed by atoms with Crippen LogP contribution in [0, 0.1) is 5.92 Å². The molecule has 0 aromatic rings. The monoisotopic (exact) mass is 137 g/mol. The molecule has 54 valence electrons. The molecule has 2 nitrogen and oxygen atoms in total. The van der Waals surface area contributed by atoms with Crippen LogP contribution in [0.4, 0.5) is 0 Å². The van der Waals surface area contributed by atoms with Crippen molar-refractivity contribution in [2.24, 2.45) is 10.9 Å². The van der Waals surface area contributed by atoms with Gasteiger partial charge in [-0.25, -0.2) is 0 Å². The van der Waals surface area contributed by atoms with Crippen molar-refractivity contribution in [2.75, 3.05) is 6.54 Å². The molecule has 0 aromatic carbocycles. The molecule has 1 heterocycles. The van der Waals surface area contributed by atoms with E-state index >= 15 is 0 Å². The van der Waals surface area contributed by atoms with E-state index in [1.807, 2.05) is 12.3 Å². The van der Waals surface area contributed by atoms with Crippen LogP contribution in [0.3, 0.4) is 0 Å². The van der Waals surface area contributed by atoms with Gasteiger partial charge in [-0.15, -0.1) is 0 Å². The summed E-state index contributed by atoms with van der Waals surface area (Å²) in [6.45, 7) is 0.552. The van der Waals surface area contributed by atoms with Gasteiger partial charge in [-0.1, -0.05) is 0 Å². The number of hydrogen-bond donors (Lipinski definition) is 1. The summed E-state index contributed by atoms with van der Waals surface area (Å²) in [6.07, 6.45) is 6.09. The van der Waals surface area contributed by atoms with Gasteiger partial charge in [0.1, 0.15) is 0 Å². The Morgan fingerprint density at radius 3 is 2.90 bits per heavy atom. The number of nitrogens with zero attached hydrogens (tertiary/aromatic N) is 1. The summed E-state index contributed by atoms with van der Waals surface area (Å²) in [5.41, 5.74) is 1.25. The molecule has 1 N–H and O–H groups in total. The maximum atomic E-state index is 9.17. The number of hydrogen-bond acceptors (Lipinski definition) is 2. The van der Waals surface area contributed by atoms with E-state index in [1.165, 1.54) is 18.4 Å². The first-order chi connectivity index (χ1) is 4.86. The molecule has 1 unspecified atom stereocenters. The lowest BCUT2D eigenvalue weighted by Crippen LogP contribution is -2.13. The Labute approximate surface area is 60.3 Å². The zero-order valence-electron chi connectivity index (χ0n) is 5.83. The van der Waals surface area contributed by atoms with Crippen LogP contribution < -0.4 is 0 Å². The quantitative estimate of drug-likeness (QED) is 0.568. The summed E-state index contributed by atoms with van der Waals surface area (Å²) < 4.78 is 0. The number of aliphatic hydroxyl groups is 1. The van der Waals surface area contributed by atoms with Crippen LogP contribution in [-0.4, -0.2) is 24.0 Å². The molecule has 2 rings (SSSR count). The molecule has 10 heavy (non-hydrogen) atoms. The molecule has 0 saturated heterocycles. The van der Waals surface area contributed by atoms with E-state index in [9.17, 15) is 0 Å². The van der Waals surface area contributed by atoms with E-state index in [0.717, 1.165) is 5.92 Å². The molecule has 1 aliphatic heterocycles. The molecular formula is C8H11NO. The van der Waals surface area contributed by atoms with Crippen LogP contribution in [-0.2, 0) is 0 Å². The summed E-state index contributed by atoms with van der Waals surface area (Å²) in [5.74, 6) is 0.721. The fourth-order valence-electron chi connectivity index (χ4n) is 1.24. The largest absolute Gasteiger partial charge is 0.387 e. The number of aliphatic imine (C=N–C) groups is 1. The van der Waals surface area contributed by atoms with Crippen LogP contribution in [0.1, 0.15) is 12.8 Å². The first-order valence-corrected chi connectivity index (χ1v) is 3.76. The number of dihydropyridines is 1. The van der Waals surface area contributed by atoms with Gasteiger partial charge in [0.05, 0.1) is 12.6 Å². The van der Waals surface area contributed by atoms with Crippen molar-refractivity contribution in [1.29, 1.82) is 0 Å². The Morgan fingerprint density at radius 1 is 1.50 bits per heavy atom. The normalized spacial score (nSPS) is 32.1. The highest BCUT2D eigenvalue weighted by molar-refractivity contribution is 5.81. The second-order valence-corrected chi connectivity index (χ2v) is 3.00. The molecule has 1 fully saturated rings. The van der Waals surface area contributed by atoms with Gasteiger partial charge in [0.25, 0.3) is 0 Å². The Kier molecular flexibility index (Phi) is 1.34. The van der Waals surface area contributed by atoms with Gasteiger partial charge in [-0.2, -0.15) is 0 Å². The average molecular weight is 137 g/mol. The van der Waals surface area contributed by atoms with Gasteiger partial charge >= 0.3 is 0 Å². The van der Waals surface area contributed by atoms with E-state index < -0.39 is 0 Å². The second kappa shape index (κ2) is 2.20. The summed E-state index contributed by atoms with van der Waals surface area (Å²) in [5, 5.41) is 9.17. The first-order valence-electron chi connectivity index (χ1n) is 3.76. The van der Waals surface area contributed by atoms with Crippen molar-refractivity contribution >= 4 is 6.21 Å². The van der Waals surface area contributed by atoms with Gasteiger partial charge in [0, 0.05) is 6.21 Å². The molecule has 2 aliphatic rings. The molecule has 1 aliphatic carbocycles. The fraction of sp³-hybridized carbons (Fsp3) is 0.625. The van der Waals surface area contributed by atoms with Crippen molar-refractivity contribution in [2.45, 2.75) is 18.9 Å². The summed E-state index contributed by atoms with van der Waals surface area (Å²) >= 11 is 0. The Balaban J connectivity index is 2.10. The maximum absolute atomic E-state index is 9.17. The van der Waals surface area contributed by atoms with E-state index in [2.05, 4.69) is 4.99 Å². The van der Waals surface area contributed by atoms with E-state index in [4.69, 9.17) is 5.11 Å². The van der Waals surface area contributed by atoms with E-state index in [0.29, 0.717) is 6.54 Å². The average Bonchev–Trinajstić information content (AvgIpc) is 2.68. The molecule has 0 bridgehead atoms. The summed E-state index contributed by atoms with van der Waals surface area (Å²) in [6, 6.07) is 0. The maximum Gasteiger partial charge on any atom is 0.0922 e. The standard InChI is InChI=1S/C8H11NO/c10-8-3-7(4-9-5-8)6-1-2-6/h3-4,6,8,10H,1-2,5H2. The summed E-state index contributed by atoms with van der Waals surface area (Å²) in [7, 11) is 0. The summed E-state index contributed by atoms with van der Waals surface area (Å²) in [4.78, 5) is 4.06. The molecule has 0 radical (unpaired) electrons. The highest BCUT2D eigenvalue weighted by Crippen LogP contribution is 2.36. The van der Waals surface area contributed by atoms with Crippen LogP contribution in [0.5, 0.6) is 0 Å². The van der Waals surface area contributed by atoms with Gasteiger partial charge in [-0.3, -0.25) is 4.99 Å². The highest BCUT2D eigenvalue weighted by Gasteiger charge is 2.26. The molecule has 1 saturated carbocycles. The lowest BCUT2D eigenvalue weighted by atomic mass is 10.1. The zero-order valence-corrected chi connectivity index (χ0v) is 5.83. The molecule has 1 atom stereocenters. The van der Waals surface area contributed by atoms with E-state index in [1.54, 1.807) is 0 Å². The van der Waals surface area contributed by atoms with Gasteiger partial charge < -0.3 is 5.11 Å². The first kappa shape index (κ1) is 6.10. The van der Waals surface area contributed by atoms with Crippen molar-refractivity contribution in [3.05, 3.63) is 11.6 Å². The smallest absolute Gasteiger partial charge is 0.0922 e. The van der Waals surface area contributed by atoms with Crippen molar-refractivity contribution < 1.29 is 5.11 Å². The molecular weight excluding hydrogens is 126 g/mol. The van der Waals surface area contributed by atoms with Crippen LogP contribution in [0.2, 0.25) is 0 Å². The predicted molar refractivity (Wildman–Crippen MR) is 40.2 cm³/mol. The minimum atomic E-state index is -0.319. The highest BCUT2D eigenvalue weighted by atomic mass is 16.3. The van der Waals surface area contributed by atoms with Crippen molar-refractivity contribution in [3.8, 4) is 0 Å². The van der Waals surface area contributed by atoms with Gasteiger partial charge in [-0.05, 0) is 30.4 Å². The van der Waals surface area contributed by atoms with Gasteiger partial charge in [0.2, 0.25) is 0 Å². The molecule has 2 heteroatoms. The Morgan fingerprint density at radius 2 is 2.30 bits per heavy atom. The van der Waals surface area contributed by atoms with Crippen molar-refractivity contribution in [1.82, 2.24) is 0 Å². The topological polar surface area (TPSA) is 32.6 Å². The number of rotatable bonds is 1. The lowest BCUT2D eigenvalue weighted by Gasteiger charge is -2.09. The predicted octanol–water partition coefficient (Wildman–Crippen LogP) is 0.768. The molecule has 0 spiro atoms. The molecule has 0 aromatic heterocycles. The molecule has 0 amide bonds. The van der Waals surface area contributed by atoms with Crippen molar-refractivity contribution in [3.63, 3.8) is 0 Å². The SMILES string of the molecule is OC1C=C(C2CC2)C=NC1. The van der Waals surface area contributed by atoms with Gasteiger partial charge in [0.15, 0.2) is 0 Å². The van der Waals surface area contributed by atoms with Crippen LogP contribution in [0.15, 0.2) is 16.6 Å². The van der Waals surface area contributed by atoms with Crippen LogP contribution in [0.25, 0.3) is 0 Å². The lowest BCUT2D eigenvalue weighted by molar-refractivity contribution is 0.230. The third-order valence-corrected chi connectivity index (χ3v) is 1.97. The second-order valence-electron chi connectivity index (χ2n) is 3.00. The Bertz CT molecular complexity index is 191. The Hall–Kier alpha value is -0.630. The van der Waals surface area contributed by atoms with E-state index in [-0.39, 0.29) is 6.10 Å². The number of allylic oxidation sites excluding steroid dienone is 1. The minimum absolute atomic E-state index is 0.319. The fourth-order valence-corrected chi connectivity index (χ4v) is 1.24. The van der Waals surface area contributed by atoms with Crippen LogP contribution >= 0.6 is 0 Å². The number of aliphatic hydroxyl groups excluding tert-OH is 1. The third kappa shape index (κ3) is 1.12.